The molecule has 1 amide bonds. The number of aryl methyl sites for hydroxylation is 1. The van der Waals surface area contributed by atoms with Crippen molar-refractivity contribution < 1.29 is 9.18 Å². The highest BCUT2D eigenvalue weighted by atomic mass is 35.5. The summed E-state index contributed by atoms with van der Waals surface area (Å²) in [4.78, 5) is 28.6. The van der Waals surface area contributed by atoms with Crippen LogP contribution in [-0.4, -0.2) is 53.1 Å². The fourth-order valence-electron chi connectivity index (χ4n) is 5.16. The van der Waals surface area contributed by atoms with Crippen molar-refractivity contribution in [2.75, 3.05) is 29.9 Å². The Hall–Kier alpha value is -3.23. The molecule has 168 valence electrons. The lowest BCUT2D eigenvalue weighted by molar-refractivity contribution is -0.120. The highest BCUT2D eigenvalue weighted by Crippen LogP contribution is 2.46. The topological polar surface area (TPSA) is 77.1 Å². The number of aromatic amines is 1. The predicted molar refractivity (Wildman–Crippen MR) is 129 cm³/mol. The van der Waals surface area contributed by atoms with E-state index < -0.39 is 5.82 Å². The van der Waals surface area contributed by atoms with Gasteiger partial charge in [-0.05, 0) is 31.5 Å². The minimum absolute atomic E-state index is 0.00734. The number of pyridine rings is 1. The first kappa shape index (κ1) is 20.4. The number of piperazine rings is 1. The first-order chi connectivity index (χ1) is 15.9. The monoisotopic (exact) mass is 464 g/mol. The fraction of sp³-hybridized carbons (Fsp3) is 0.292. The summed E-state index contributed by atoms with van der Waals surface area (Å²) in [6, 6.07) is 5.45. The fourth-order valence-corrected chi connectivity index (χ4v) is 5.45. The molecule has 0 radical (unpaired) electrons. The number of hydrogen-bond acceptors (Lipinski definition) is 5. The van der Waals surface area contributed by atoms with Crippen LogP contribution >= 0.6 is 11.6 Å². The Kier molecular flexibility index (Phi) is 4.41. The van der Waals surface area contributed by atoms with E-state index in [4.69, 9.17) is 11.6 Å². The molecule has 2 aliphatic rings. The number of likely N-dealkylation sites (N-methyl/N-ethyl adjacent to an activating group) is 1. The molecule has 0 bridgehead atoms. The molecule has 33 heavy (non-hydrogen) atoms. The predicted octanol–water partition coefficient (Wildman–Crippen LogP) is 4.02. The minimum atomic E-state index is -0.488. The second-order valence-corrected chi connectivity index (χ2v) is 9.27. The number of hydrogen-bond donors (Lipinski definition) is 2. The van der Waals surface area contributed by atoms with Crippen LogP contribution in [0.3, 0.4) is 0 Å². The van der Waals surface area contributed by atoms with E-state index in [1.807, 2.05) is 19.1 Å². The van der Waals surface area contributed by atoms with Crippen LogP contribution in [0.2, 0.25) is 5.02 Å². The molecule has 2 aromatic carbocycles. The second kappa shape index (κ2) is 7.13. The maximum atomic E-state index is 16.2. The standard InChI is InChI=1S/C24H22ClFN6O/c1-11-4-5-15-22(30-10-29-15)18(11)19-14(25)6-13-21(20(19)26)28-7-16-23(13)32-9-12(2)27-8-17(32)24(33)31(16)3/h4-7,10,12,17,27H,8-9H2,1-3H3,(H,29,30)/t12-,17-/m1/s1. The molecule has 0 unspecified atom stereocenters. The highest BCUT2D eigenvalue weighted by molar-refractivity contribution is 6.35. The molecule has 4 aromatic rings. The molecule has 2 aromatic heterocycles. The van der Waals surface area contributed by atoms with Gasteiger partial charge >= 0.3 is 0 Å². The van der Waals surface area contributed by atoms with Crippen molar-refractivity contribution in [1.82, 2.24) is 20.3 Å². The molecule has 0 aliphatic carbocycles. The van der Waals surface area contributed by atoms with Gasteiger partial charge in [-0.15, -0.1) is 0 Å². The smallest absolute Gasteiger partial charge is 0.250 e. The number of nitrogens with zero attached hydrogens (tertiary/aromatic N) is 4. The summed E-state index contributed by atoms with van der Waals surface area (Å²) < 4.78 is 16.2. The van der Waals surface area contributed by atoms with Crippen LogP contribution in [0.5, 0.6) is 0 Å². The van der Waals surface area contributed by atoms with Crippen LogP contribution in [0, 0.1) is 12.7 Å². The lowest BCUT2D eigenvalue weighted by Crippen LogP contribution is -2.63. The Morgan fingerprint density at radius 3 is 2.85 bits per heavy atom. The maximum Gasteiger partial charge on any atom is 0.250 e. The van der Waals surface area contributed by atoms with Gasteiger partial charge in [0.2, 0.25) is 0 Å². The molecule has 1 saturated heterocycles. The van der Waals surface area contributed by atoms with Crippen molar-refractivity contribution in [1.29, 1.82) is 0 Å². The average Bonchev–Trinajstić information content (AvgIpc) is 3.27. The van der Waals surface area contributed by atoms with E-state index in [2.05, 4.69) is 32.1 Å². The zero-order valence-electron chi connectivity index (χ0n) is 18.4. The summed E-state index contributed by atoms with van der Waals surface area (Å²) in [6.07, 6.45) is 3.18. The van der Waals surface area contributed by atoms with E-state index in [1.54, 1.807) is 30.5 Å². The summed E-state index contributed by atoms with van der Waals surface area (Å²) in [5, 5.41) is 4.26. The van der Waals surface area contributed by atoms with Gasteiger partial charge in [0.05, 0.1) is 40.0 Å². The molecule has 9 heteroatoms. The Balaban J connectivity index is 1.65. The van der Waals surface area contributed by atoms with Crippen LogP contribution < -0.4 is 15.1 Å². The lowest BCUT2D eigenvalue weighted by Gasteiger charge is -2.46. The van der Waals surface area contributed by atoms with Gasteiger partial charge in [-0.3, -0.25) is 9.78 Å². The third-order valence-corrected chi connectivity index (χ3v) is 7.12. The molecule has 2 aliphatic heterocycles. The molecule has 6 rings (SSSR count). The van der Waals surface area contributed by atoms with Crippen LogP contribution in [-0.2, 0) is 4.79 Å². The second-order valence-electron chi connectivity index (χ2n) is 8.87. The van der Waals surface area contributed by atoms with Crippen molar-refractivity contribution in [2.45, 2.75) is 25.9 Å². The number of carbonyl (C=O) groups excluding carboxylic acids is 1. The van der Waals surface area contributed by atoms with E-state index >= 15 is 4.39 Å². The molecule has 0 saturated carbocycles. The number of rotatable bonds is 1. The first-order valence-electron chi connectivity index (χ1n) is 10.9. The quantitative estimate of drug-likeness (QED) is 0.445. The van der Waals surface area contributed by atoms with Crippen LogP contribution in [0.4, 0.5) is 15.8 Å². The third kappa shape index (κ3) is 2.80. The lowest BCUT2D eigenvalue weighted by atomic mass is 9.95. The number of halogens is 2. The molecule has 2 N–H and O–H groups in total. The van der Waals surface area contributed by atoms with Crippen LogP contribution in [0.15, 0.2) is 30.7 Å². The average molecular weight is 465 g/mol. The minimum Gasteiger partial charge on any atom is -0.355 e. The molecular formula is C24H22ClFN6O. The maximum absolute atomic E-state index is 16.2. The Labute approximate surface area is 194 Å². The number of carbonyl (C=O) groups is 1. The van der Waals surface area contributed by atoms with E-state index in [0.717, 1.165) is 16.8 Å². The van der Waals surface area contributed by atoms with Gasteiger partial charge in [0, 0.05) is 42.7 Å². The van der Waals surface area contributed by atoms with Crippen molar-refractivity contribution in [3.8, 4) is 11.1 Å². The number of anilines is 2. The first-order valence-corrected chi connectivity index (χ1v) is 11.3. The van der Waals surface area contributed by atoms with E-state index in [1.165, 1.54) is 0 Å². The van der Waals surface area contributed by atoms with Gasteiger partial charge in [-0.1, -0.05) is 17.7 Å². The van der Waals surface area contributed by atoms with Gasteiger partial charge in [-0.25, -0.2) is 9.37 Å². The van der Waals surface area contributed by atoms with Crippen molar-refractivity contribution in [3.05, 3.63) is 47.1 Å². The van der Waals surface area contributed by atoms with Gasteiger partial charge in [-0.2, -0.15) is 0 Å². The van der Waals surface area contributed by atoms with E-state index in [9.17, 15) is 4.79 Å². The third-order valence-electron chi connectivity index (χ3n) is 6.83. The molecule has 0 spiro atoms. The Bertz CT molecular complexity index is 1470. The highest BCUT2D eigenvalue weighted by Gasteiger charge is 2.41. The molecule has 7 nitrogen and oxygen atoms in total. The zero-order chi connectivity index (χ0) is 23.0. The zero-order valence-corrected chi connectivity index (χ0v) is 19.2. The van der Waals surface area contributed by atoms with Crippen molar-refractivity contribution in [2.24, 2.45) is 0 Å². The molecule has 1 fully saturated rings. The van der Waals surface area contributed by atoms with Crippen LogP contribution in [0.1, 0.15) is 12.5 Å². The number of imidazole rings is 1. The van der Waals surface area contributed by atoms with Gasteiger partial charge in [0.1, 0.15) is 11.6 Å². The number of H-pyrrole nitrogens is 1. The molecule has 2 atom stereocenters. The SMILES string of the molecule is Cc1ccc2[nH]cnc2c1-c1c(Cl)cc2c3c(cnc2c1F)N(C)C(=O)[C@H]1CN[C@H](C)CN31. The number of benzene rings is 2. The Morgan fingerprint density at radius 2 is 2.03 bits per heavy atom. The number of nitrogens with one attached hydrogen (secondary N) is 2. The van der Waals surface area contributed by atoms with Gasteiger partial charge < -0.3 is 20.1 Å². The normalized spacial score (nSPS) is 20.5. The summed E-state index contributed by atoms with van der Waals surface area (Å²) in [7, 11) is 1.73. The van der Waals surface area contributed by atoms with Gasteiger partial charge in [0.25, 0.3) is 5.91 Å². The van der Waals surface area contributed by atoms with Gasteiger partial charge in [0.15, 0.2) is 5.82 Å². The van der Waals surface area contributed by atoms with E-state index in [0.29, 0.717) is 35.2 Å². The molecular weight excluding hydrogens is 443 g/mol. The summed E-state index contributed by atoms with van der Waals surface area (Å²) in [6.45, 7) is 5.14. The summed E-state index contributed by atoms with van der Waals surface area (Å²) in [5.74, 6) is -0.495. The van der Waals surface area contributed by atoms with Crippen molar-refractivity contribution >= 4 is 50.8 Å². The van der Waals surface area contributed by atoms with Crippen LogP contribution in [0.25, 0.3) is 33.1 Å². The number of aromatic nitrogens is 3. The van der Waals surface area contributed by atoms with Crippen molar-refractivity contribution in [3.63, 3.8) is 0 Å². The Morgan fingerprint density at radius 1 is 1.21 bits per heavy atom. The summed E-state index contributed by atoms with van der Waals surface area (Å²) >= 11 is 6.78. The largest absolute Gasteiger partial charge is 0.355 e. The molecule has 4 heterocycles. The number of amides is 1. The summed E-state index contributed by atoms with van der Waals surface area (Å²) in [5.41, 5.74) is 4.96. The number of fused-ring (bicyclic) bond motifs is 6. The van der Waals surface area contributed by atoms with E-state index in [-0.39, 0.29) is 34.1 Å².